The summed E-state index contributed by atoms with van der Waals surface area (Å²) in [7, 11) is 0. The molecule has 0 unspecified atom stereocenters. The molecule has 0 spiro atoms. The molecular weight excluding hydrogens is 358 g/mol. The molecule has 1 N–H and O–H groups in total. The molecule has 1 fully saturated rings. The fourth-order valence-corrected chi connectivity index (χ4v) is 4.52. The Morgan fingerprint density at radius 2 is 2.04 bits per heavy atom. The Balaban J connectivity index is 1.63. The highest BCUT2D eigenvalue weighted by atomic mass is 32.1. The fraction of sp³-hybridized carbons (Fsp3) is 0.429. The van der Waals surface area contributed by atoms with Gasteiger partial charge in [0.1, 0.15) is 0 Å². The summed E-state index contributed by atoms with van der Waals surface area (Å²) in [6.07, 6.45) is 2.21. The highest BCUT2D eigenvalue weighted by Gasteiger charge is 2.28. The summed E-state index contributed by atoms with van der Waals surface area (Å²) < 4.78 is 0. The van der Waals surface area contributed by atoms with E-state index < -0.39 is 0 Å². The highest BCUT2D eigenvalue weighted by molar-refractivity contribution is 7.10. The maximum Gasteiger partial charge on any atom is 0.253 e. The molecule has 1 atom stereocenters. The molecule has 1 saturated heterocycles. The Labute approximate surface area is 165 Å². The zero-order chi connectivity index (χ0) is 19.2. The summed E-state index contributed by atoms with van der Waals surface area (Å²) in [5, 5.41) is 5.04. The van der Waals surface area contributed by atoms with Gasteiger partial charge in [0.2, 0.25) is 5.91 Å². The standard InChI is InChI=1S/C21H27N3O2S/c1-3-23(4-2)21(26)16-8-5-9-17(14-16)22-20(25)15-24-12-6-10-18(24)19-11-7-13-27-19/h5,7-9,11,13-14,18H,3-4,6,10,12,15H2,1-2H3,(H,22,25)/t18-/m0/s1. The third kappa shape index (κ3) is 4.76. The lowest BCUT2D eigenvalue weighted by molar-refractivity contribution is -0.117. The molecular formula is C21H27N3O2S. The molecule has 27 heavy (non-hydrogen) atoms. The van der Waals surface area contributed by atoms with Crippen LogP contribution in [0.25, 0.3) is 0 Å². The number of likely N-dealkylation sites (tertiary alicyclic amines) is 1. The van der Waals surface area contributed by atoms with Crippen LogP contribution < -0.4 is 5.32 Å². The van der Waals surface area contributed by atoms with Crippen molar-refractivity contribution < 1.29 is 9.59 Å². The van der Waals surface area contributed by atoms with Crippen LogP contribution in [-0.2, 0) is 4.79 Å². The number of amides is 2. The third-order valence-electron chi connectivity index (χ3n) is 5.03. The first kappa shape index (κ1) is 19.6. The Kier molecular flexibility index (Phi) is 6.63. The van der Waals surface area contributed by atoms with Gasteiger partial charge < -0.3 is 10.2 Å². The number of anilines is 1. The van der Waals surface area contributed by atoms with E-state index in [1.165, 1.54) is 4.88 Å². The number of hydrogen-bond donors (Lipinski definition) is 1. The Hall–Kier alpha value is -2.18. The fourth-order valence-electron chi connectivity index (χ4n) is 3.63. The molecule has 1 aliphatic heterocycles. The van der Waals surface area contributed by atoms with Crippen LogP contribution in [0.4, 0.5) is 5.69 Å². The molecule has 144 valence electrons. The quantitative estimate of drug-likeness (QED) is 0.784. The van der Waals surface area contributed by atoms with E-state index in [-0.39, 0.29) is 11.8 Å². The Morgan fingerprint density at radius 1 is 1.22 bits per heavy atom. The van der Waals surface area contributed by atoms with Crippen molar-refractivity contribution in [3.05, 3.63) is 52.2 Å². The van der Waals surface area contributed by atoms with Crippen LogP contribution in [0, 0.1) is 0 Å². The first-order valence-electron chi connectivity index (χ1n) is 9.59. The van der Waals surface area contributed by atoms with Crippen LogP contribution in [0.2, 0.25) is 0 Å². The molecule has 0 saturated carbocycles. The molecule has 3 rings (SSSR count). The number of rotatable bonds is 7. The molecule has 2 heterocycles. The minimum atomic E-state index is -0.0362. The van der Waals surface area contributed by atoms with Gasteiger partial charge in [-0.1, -0.05) is 12.1 Å². The van der Waals surface area contributed by atoms with Crippen LogP contribution in [0.3, 0.4) is 0 Å². The number of thiophene rings is 1. The zero-order valence-corrected chi connectivity index (χ0v) is 16.8. The van der Waals surface area contributed by atoms with Crippen molar-refractivity contribution in [3.63, 3.8) is 0 Å². The number of nitrogens with zero attached hydrogens (tertiary/aromatic N) is 2. The van der Waals surface area contributed by atoms with Gasteiger partial charge in [-0.25, -0.2) is 0 Å². The van der Waals surface area contributed by atoms with Gasteiger partial charge in [0, 0.05) is 35.3 Å². The average Bonchev–Trinajstić information content (AvgIpc) is 3.34. The van der Waals surface area contributed by atoms with Crippen molar-refractivity contribution in [1.29, 1.82) is 0 Å². The van der Waals surface area contributed by atoms with Gasteiger partial charge in [-0.2, -0.15) is 0 Å². The normalized spacial score (nSPS) is 17.0. The van der Waals surface area contributed by atoms with Gasteiger partial charge in [-0.3, -0.25) is 14.5 Å². The molecule has 1 aromatic heterocycles. The molecule has 1 aromatic carbocycles. The predicted octanol–water partition coefficient (Wildman–Crippen LogP) is 4.01. The third-order valence-corrected chi connectivity index (χ3v) is 6.00. The van der Waals surface area contributed by atoms with Crippen molar-refractivity contribution >= 4 is 28.8 Å². The van der Waals surface area contributed by atoms with E-state index in [0.29, 0.717) is 36.9 Å². The van der Waals surface area contributed by atoms with Crippen molar-refractivity contribution in [2.45, 2.75) is 32.7 Å². The van der Waals surface area contributed by atoms with Crippen LogP contribution in [0.15, 0.2) is 41.8 Å². The second-order valence-electron chi connectivity index (χ2n) is 6.75. The lowest BCUT2D eigenvalue weighted by atomic mass is 10.1. The maximum atomic E-state index is 12.6. The first-order valence-corrected chi connectivity index (χ1v) is 10.5. The van der Waals surface area contributed by atoms with E-state index in [2.05, 4.69) is 27.7 Å². The molecule has 5 nitrogen and oxygen atoms in total. The molecule has 6 heteroatoms. The topological polar surface area (TPSA) is 52.7 Å². The number of carbonyl (C=O) groups excluding carboxylic acids is 2. The summed E-state index contributed by atoms with van der Waals surface area (Å²) >= 11 is 1.75. The number of nitrogens with one attached hydrogen (secondary N) is 1. The van der Waals surface area contributed by atoms with Crippen LogP contribution in [-0.4, -0.2) is 47.8 Å². The lowest BCUT2D eigenvalue weighted by Crippen LogP contribution is -2.33. The molecule has 2 aromatic rings. The van der Waals surface area contributed by atoms with Crippen molar-refractivity contribution in [3.8, 4) is 0 Å². The minimum absolute atomic E-state index is 0.00611. The minimum Gasteiger partial charge on any atom is -0.339 e. The van der Waals surface area contributed by atoms with Crippen LogP contribution in [0.5, 0.6) is 0 Å². The van der Waals surface area contributed by atoms with E-state index in [0.717, 1.165) is 19.4 Å². The monoisotopic (exact) mass is 385 g/mol. The Bertz CT molecular complexity index is 771. The van der Waals surface area contributed by atoms with Gasteiger partial charge in [0.05, 0.1) is 6.54 Å². The molecule has 0 bridgehead atoms. The number of hydrogen-bond acceptors (Lipinski definition) is 4. The smallest absolute Gasteiger partial charge is 0.253 e. The van der Waals surface area contributed by atoms with E-state index in [4.69, 9.17) is 0 Å². The molecule has 0 aliphatic carbocycles. The maximum absolute atomic E-state index is 12.6. The van der Waals surface area contributed by atoms with E-state index in [9.17, 15) is 9.59 Å². The summed E-state index contributed by atoms with van der Waals surface area (Å²) in [6, 6.07) is 11.8. The van der Waals surface area contributed by atoms with E-state index >= 15 is 0 Å². The van der Waals surface area contributed by atoms with Crippen molar-refractivity contribution in [2.75, 3.05) is 31.5 Å². The summed E-state index contributed by atoms with van der Waals surface area (Å²) in [6.45, 7) is 6.59. The van der Waals surface area contributed by atoms with Gasteiger partial charge in [0.25, 0.3) is 5.91 Å². The SMILES string of the molecule is CCN(CC)C(=O)c1cccc(NC(=O)CN2CCC[C@H]2c2cccs2)c1. The highest BCUT2D eigenvalue weighted by Crippen LogP contribution is 2.34. The largest absolute Gasteiger partial charge is 0.339 e. The van der Waals surface area contributed by atoms with Gasteiger partial charge in [0.15, 0.2) is 0 Å². The van der Waals surface area contributed by atoms with Crippen molar-refractivity contribution in [2.24, 2.45) is 0 Å². The lowest BCUT2D eigenvalue weighted by Gasteiger charge is -2.23. The Morgan fingerprint density at radius 3 is 2.74 bits per heavy atom. The summed E-state index contributed by atoms with van der Waals surface area (Å²) in [5.74, 6) is -0.0423. The van der Waals surface area contributed by atoms with Crippen LogP contribution >= 0.6 is 11.3 Å². The zero-order valence-electron chi connectivity index (χ0n) is 16.0. The predicted molar refractivity (Wildman–Crippen MR) is 110 cm³/mol. The molecule has 2 amide bonds. The van der Waals surface area contributed by atoms with Gasteiger partial charge in [-0.05, 0) is 62.9 Å². The van der Waals surface area contributed by atoms with E-state index in [1.54, 1.807) is 28.4 Å². The average molecular weight is 386 g/mol. The molecule has 1 aliphatic rings. The van der Waals surface area contributed by atoms with Crippen LogP contribution in [0.1, 0.15) is 48.0 Å². The first-order chi connectivity index (χ1) is 13.1. The summed E-state index contributed by atoms with van der Waals surface area (Å²) in [4.78, 5) is 30.4. The molecule has 0 radical (unpaired) electrons. The van der Waals surface area contributed by atoms with Gasteiger partial charge in [-0.15, -0.1) is 11.3 Å². The second-order valence-corrected chi connectivity index (χ2v) is 7.73. The van der Waals surface area contributed by atoms with E-state index in [1.807, 2.05) is 26.0 Å². The number of carbonyl (C=O) groups is 2. The van der Waals surface area contributed by atoms with Gasteiger partial charge >= 0.3 is 0 Å². The second kappa shape index (κ2) is 9.15. The summed E-state index contributed by atoms with van der Waals surface area (Å²) in [5.41, 5.74) is 1.28. The van der Waals surface area contributed by atoms with Crippen molar-refractivity contribution in [1.82, 2.24) is 9.80 Å². The number of benzene rings is 1.